The van der Waals surface area contributed by atoms with Crippen molar-refractivity contribution in [3.8, 4) is 0 Å². The molecule has 1 aliphatic heterocycles. The Morgan fingerprint density at radius 1 is 0.848 bits per heavy atom. The summed E-state index contributed by atoms with van der Waals surface area (Å²) in [5, 5.41) is 13.9. The highest BCUT2D eigenvalue weighted by Crippen LogP contribution is 2.24. The number of dihydropyridines is 1. The lowest BCUT2D eigenvalue weighted by molar-refractivity contribution is 0.0786. The number of benzene rings is 3. The number of aliphatic hydroxyl groups is 1. The molecule has 0 unspecified atom stereocenters. The van der Waals surface area contributed by atoms with E-state index in [4.69, 9.17) is 9.98 Å². The maximum absolute atomic E-state index is 13.3. The van der Waals surface area contributed by atoms with Crippen LogP contribution in [0.3, 0.4) is 0 Å². The molecule has 1 aliphatic rings. The predicted octanol–water partition coefficient (Wildman–Crippen LogP) is 8.71. The normalized spacial score (nSPS) is 15.0. The van der Waals surface area contributed by atoms with Crippen LogP contribution in [-0.2, 0) is 11.0 Å². The number of rotatable bonds is 9. The molecule has 0 aromatic heterocycles. The smallest absolute Gasteiger partial charge is 0.161 e. The Morgan fingerprint density at radius 2 is 1.43 bits per heavy atom. The van der Waals surface area contributed by atoms with Crippen LogP contribution in [0, 0.1) is 5.82 Å². The molecule has 0 radical (unpaired) electrons. The highest BCUT2D eigenvalue weighted by atomic mass is 19.1. The van der Waals surface area contributed by atoms with Gasteiger partial charge in [-0.1, -0.05) is 106 Å². The van der Waals surface area contributed by atoms with Crippen LogP contribution in [0.15, 0.2) is 129 Å². The number of nitrogens with zero attached hydrogens (tertiary/aromatic N) is 3. The fourth-order valence-electron chi connectivity index (χ4n) is 4.93. The van der Waals surface area contributed by atoms with Crippen molar-refractivity contribution < 1.29 is 9.50 Å². The van der Waals surface area contributed by atoms with E-state index in [0.29, 0.717) is 24.8 Å². The van der Waals surface area contributed by atoms with Crippen molar-refractivity contribution in [1.82, 2.24) is 5.32 Å². The van der Waals surface area contributed by atoms with E-state index in [1.165, 1.54) is 17.7 Å². The highest BCUT2D eigenvalue weighted by Gasteiger charge is 2.17. The first kappa shape index (κ1) is 34.2. The Balaban J connectivity index is 1.55. The van der Waals surface area contributed by atoms with E-state index < -0.39 is 5.60 Å². The van der Waals surface area contributed by atoms with Gasteiger partial charge in [-0.05, 0) is 78.9 Å². The molecule has 0 amide bonds. The first-order valence-electron chi connectivity index (χ1n) is 15.6. The third kappa shape index (κ3) is 9.41. The fourth-order valence-corrected chi connectivity index (χ4v) is 4.93. The molecule has 0 atom stereocenters. The molecule has 0 aliphatic carbocycles. The highest BCUT2D eigenvalue weighted by molar-refractivity contribution is 6.12. The zero-order valence-corrected chi connectivity index (χ0v) is 27.8. The van der Waals surface area contributed by atoms with Crippen molar-refractivity contribution in [1.29, 1.82) is 0 Å². The van der Waals surface area contributed by atoms with Crippen molar-refractivity contribution in [2.45, 2.75) is 59.0 Å². The Hall–Kier alpha value is -4.68. The number of amidine groups is 2. The lowest BCUT2D eigenvalue weighted by atomic mass is 9.86. The molecule has 4 rings (SSSR count). The molecule has 3 aromatic rings. The van der Waals surface area contributed by atoms with E-state index in [0.717, 1.165) is 45.5 Å². The summed E-state index contributed by atoms with van der Waals surface area (Å²) in [6, 6.07) is 22.5. The summed E-state index contributed by atoms with van der Waals surface area (Å²) in [5.74, 6) is 0.805. The molecule has 3 aromatic carbocycles. The minimum atomic E-state index is -0.940. The van der Waals surface area contributed by atoms with Gasteiger partial charge in [0.05, 0.1) is 12.1 Å². The van der Waals surface area contributed by atoms with Crippen LogP contribution in [0.25, 0.3) is 5.57 Å². The molecule has 2 N–H and O–H groups in total. The summed E-state index contributed by atoms with van der Waals surface area (Å²) in [7, 11) is 0. The molecule has 5 nitrogen and oxygen atoms in total. The van der Waals surface area contributed by atoms with Gasteiger partial charge in [-0.25, -0.2) is 14.4 Å². The molecule has 1 heterocycles. The monoisotopic (exact) mass is 616 g/mol. The van der Waals surface area contributed by atoms with E-state index in [9.17, 15) is 9.50 Å². The van der Waals surface area contributed by atoms with Crippen molar-refractivity contribution >= 4 is 24.0 Å². The van der Waals surface area contributed by atoms with Gasteiger partial charge in [0.15, 0.2) is 11.7 Å². The Morgan fingerprint density at radius 3 is 1.96 bits per heavy atom. The minimum absolute atomic E-state index is 0.0301. The van der Waals surface area contributed by atoms with Crippen LogP contribution in [-0.4, -0.2) is 36.6 Å². The van der Waals surface area contributed by atoms with Crippen LogP contribution in [0.2, 0.25) is 0 Å². The average molecular weight is 617 g/mol. The van der Waals surface area contributed by atoms with Gasteiger partial charge in [0.2, 0.25) is 0 Å². The lowest BCUT2D eigenvalue weighted by Gasteiger charge is -2.19. The molecule has 46 heavy (non-hydrogen) atoms. The van der Waals surface area contributed by atoms with Gasteiger partial charge in [-0.3, -0.25) is 4.99 Å². The van der Waals surface area contributed by atoms with E-state index >= 15 is 0 Å². The maximum Gasteiger partial charge on any atom is 0.161 e. The standard InChI is InChI=1S/C40H45FN4O/c1-8-29(30-17-23-35(41)24-18-30)10-9-11-36-25-12-28(26-43-36)27-44-38(32-13-19-33(20-14-32)39(2,3)4)45-37(42-7)31-15-21-34(22-16-31)40(5,6)46/h8-10,12-25,43,46H,7,11,26-27H2,1-6H3/b10-9-,29-8+,44-38?,45-37?. The van der Waals surface area contributed by atoms with Crippen molar-refractivity contribution in [3.63, 3.8) is 0 Å². The summed E-state index contributed by atoms with van der Waals surface area (Å²) >= 11 is 0. The molecule has 0 bridgehead atoms. The van der Waals surface area contributed by atoms with E-state index in [-0.39, 0.29) is 11.2 Å². The van der Waals surface area contributed by atoms with Gasteiger partial charge in [0, 0.05) is 29.8 Å². The summed E-state index contributed by atoms with van der Waals surface area (Å²) in [4.78, 5) is 14.1. The minimum Gasteiger partial charge on any atom is -0.386 e. The Labute approximate surface area is 273 Å². The first-order valence-corrected chi connectivity index (χ1v) is 15.6. The van der Waals surface area contributed by atoms with Gasteiger partial charge in [-0.15, -0.1) is 0 Å². The summed E-state index contributed by atoms with van der Waals surface area (Å²) in [5.41, 5.74) is 7.10. The summed E-state index contributed by atoms with van der Waals surface area (Å²) < 4.78 is 13.3. The van der Waals surface area contributed by atoms with E-state index in [2.05, 4.69) is 86.4 Å². The number of hydrogen-bond acceptors (Lipinski definition) is 3. The zero-order valence-electron chi connectivity index (χ0n) is 27.8. The number of nitrogens with one attached hydrogen (secondary N) is 1. The SMILES string of the molecule is C=NC(=NC(=NCC1=CC=C(C/C=C\C(=C/C)c2ccc(F)cc2)NC1)c1ccc(C(C)(C)C)cc1)c1ccc(C(C)(C)O)cc1. The van der Waals surface area contributed by atoms with Gasteiger partial charge >= 0.3 is 0 Å². The number of allylic oxidation sites excluding steroid dienone is 6. The largest absolute Gasteiger partial charge is 0.386 e. The average Bonchev–Trinajstić information content (AvgIpc) is 3.04. The molecule has 0 fully saturated rings. The zero-order chi connectivity index (χ0) is 33.3. The molecule has 0 spiro atoms. The Bertz CT molecular complexity index is 1690. The molecule has 0 saturated carbocycles. The topological polar surface area (TPSA) is 69.3 Å². The predicted molar refractivity (Wildman–Crippen MR) is 192 cm³/mol. The van der Waals surface area contributed by atoms with Crippen LogP contribution in [0.1, 0.15) is 75.8 Å². The number of halogens is 1. The van der Waals surface area contributed by atoms with Crippen molar-refractivity contribution in [2.75, 3.05) is 13.1 Å². The summed E-state index contributed by atoms with van der Waals surface area (Å²) in [6.07, 6.45) is 11.2. The first-order chi connectivity index (χ1) is 21.9. The summed E-state index contributed by atoms with van der Waals surface area (Å²) in [6.45, 7) is 17.0. The Kier molecular flexibility index (Phi) is 11.2. The third-order valence-electron chi connectivity index (χ3n) is 7.84. The molecular formula is C40H45FN4O. The van der Waals surface area contributed by atoms with E-state index in [1.807, 2.05) is 37.3 Å². The second-order valence-electron chi connectivity index (χ2n) is 12.9. The van der Waals surface area contributed by atoms with Crippen LogP contribution in [0.5, 0.6) is 0 Å². The van der Waals surface area contributed by atoms with E-state index in [1.54, 1.807) is 26.0 Å². The van der Waals surface area contributed by atoms with Crippen LogP contribution >= 0.6 is 0 Å². The fraction of sp³-hybridized carbons (Fsp3) is 0.275. The maximum atomic E-state index is 13.3. The second-order valence-corrected chi connectivity index (χ2v) is 12.9. The number of aliphatic imine (C=N–C) groups is 3. The second kappa shape index (κ2) is 15.1. The van der Waals surface area contributed by atoms with Gasteiger partial charge in [0.1, 0.15) is 5.82 Å². The van der Waals surface area contributed by atoms with Crippen molar-refractivity contribution in [3.05, 3.63) is 148 Å². The molecular weight excluding hydrogens is 571 g/mol. The van der Waals surface area contributed by atoms with Gasteiger partial charge in [0.25, 0.3) is 0 Å². The van der Waals surface area contributed by atoms with Crippen LogP contribution < -0.4 is 5.32 Å². The molecule has 6 heteroatoms. The quantitative estimate of drug-likeness (QED) is 0.143. The van der Waals surface area contributed by atoms with Crippen molar-refractivity contribution in [2.24, 2.45) is 15.0 Å². The lowest BCUT2D eigenvalue weighted by Crippen LogP contribution is -2.21. The van der Waals surface area contributed by atoms with Gasteiger partial charge in [-0.2, -0.15) is 0 Å². The molecule has 238 valence electrons. The van der Waals surface area contributed by atoms with Crippen LogP contribution in [0.4, 0.5) is 4.39 Å². The third-order valence-corrected chi connectivity index (χ3v) is 7.84. The number of hydrogen-bond donors (Lipinski definition) is 2. The molecule has 0 saturated heterocycles. The van der Waals surface area contributed by atoms with Gasteiger partial charge < -0.3 is 10.4 Å².